The number of rotatable bonds is 8. The van der Waals surface area contributed by atoms with Crippen molar-refractivity contribution in [3.63, 3.8) is 0 Å². The summed E-state index contributed by atoms with van der Waals surface area (Å²) in [6.45, 7) is 9.86. The van der Waals surface area contributed by atoms with Gasteiger partial charge in [0.15, 0.2) is 5.96 Å². The summed E-state index contributed by atoms with van der Waals surface area (Å²) in [5, 5.41) is 15.4. The Morgan fingerprint density at radius 1 is 1.33 bits per heavy atom. The van der Waals surface area contributed by atoms with Gasteiger partial charge in [0.1, 0.15) is 0 Å². The van der Waals surface area contributed by atoms with Crippen molar-refractivity contribution >= 4 is 5.96 Å². The van der Waals surface area contributed by atoms with E-state index in [2.05, 4.69) is 50.4 Å². The minimum atomic E-state index is 0.471. The van der Waals surface area contributed by atoms with Crippen molar-refractivity contribution in [3.05, 3.63) is 35.9 Å². The highest BCUT2D eigenvalue weighted by molar-refractivity contribution is 5.79. The SMILES string of the molecule is CN=C(NCCCn1nc(C)cc1C)NCC(C)Cn1cccn1. The van der Waals surface area contributed by atoms with Gasteiger partial charge >= 0.3 is 0 Å². The van der Waals surface area contributed by atoms with Gasteiger partial charge in [-0.15, -0.1) is 0 Å². The van der Waals surface area contributed by atoms with E-state index in [4.69, 9.17) is 0 Å². The molecule has 0 aliphatic carbocycles. The first-order chi connectivity index (χ1) is 11.6. The van der Waals surface area contributed by atoms with Crippen molar-refractivity contribution in [3.8, 4) is 0 Å². The molecule has 0 aliphatic heterocycles. The summed E-state index contributed by atoms with van der Waals surface area (Å²) < 4.78 is 4.01. The molecule has 0 aromatic carbocycles. The second-order valence-corrected chi connectivity index (χ2v) is 6.22. The molecular weight excluding hydrogens is 302 g/mol. The van der Waals surface area contributed by atoms with Crippen LogP contribution in [0.1, 0.15) is 24.7 Å². The van der Waals surface area contributed by atoms with E-state index in [0.717, 1.165) is 44.3 Å². The lowest BCUT2D eigenvalue weighted by molar-refractivity contribution is 0.443. The third-order valence-electron chi connectivity index (χ3n) is 3.84. The standard InChI is InChI=1S/C17H29N7/c1-14(13-23-9-6-8-21-23)12-20-17(18-4)19-7-5-10-24-16(3)11-15(2)22-24/h6,8-9,11,14H,5,7,10,12-13H2,1-4H3,(H2,18,19,20). The Labute approximate surface area is 144 Å². The highest BCUT2D eigenvalue weighted by atomic mass is 15.3. The van der Waals surface area contributed by atoms with E-state index in [1.54, 1.807) is 7.05 Å². The molecule has 0 saturated carbocycles. The number of aromatic nitrogens is 4. The highest BCUT2D eigenvalue weighted by Gasteiger charge is 2.05. The lowest BCUT2D eigenvalue weighted by Gasteiger charge is -2.16. The first kappa shape index (κ1) is 18.0. The van der Waals surface area contributed by atoms with Crippen molar-refractivity contribution in [1.82, 2.24) is 30.2 Å². The van der Waals surface area contributed by atoms with Crippen molar-refractivity contribution < 1.29 is 0 Å². The molecule has 0 spiro atoms. The van der Waals surface area contributed by atoms with Gasteiger partial charge in [-0.2, -0.15) is 10.2 Å². The van der Waals surface area contributed by atoms with Gasteiger partial charge in [0, 0.05) is 51.3 Å². The Bertz CT molecular complexity index is 627. The second kappa shape index (κ2) is 9.10. The zero-order valence-electron chi connectivity index (χ0n) is 15.2. The van der Waals surface area contributed by atoms with Crippen LogP contribution in [0.5, 0.6) is 0 Å². The lowest BCUT2D eigenvalue weighted by atomic mass is 10.2. The molecule has 2 heterocycles. The predicted octanol–water partition coefficient (Wildman–Crippen LogP) is 1.59. The summed E-state index contributed by atoms with van der Waals surface area (Å²) in [5.74, 6) is 1.31. The van der Waals surface area contributed by atoms with Gasteiger partial charge in [0.05, 0.1) is 5.69 Å². The largest absolute Gasteiger partial charge is 0.356 e. The summed E-state index contributed by atoms with van der Waals surface area (Å²) in [4.78, 5) is 4.27. The average molecular weight is 331 g/mol. The molecule has 2 N–H and O–H groups in total. The smallest absolute Gasteiger partial charge is 0.190 e. The summed E-state index contributed by atoms with van der Waals surface area (Å²) in [6.07, 6.45) is 4.80. The van der Waals surface area contributed by atoms with Crippen molar-refractivity contribution in [2.24, 2.45) is 10.9 Å². The molecule has 0 amide bonds. The van der Waals surface area contributed by atoms with E-state index in [9.17, 15) is 0 Å². The number of guanidine groups is 1. The number of aryl methyl sites for hydroxylation is 3. The Balaban J connectivity index is 1.64. The normalized spacial score (nSPS) is 13.1. The van der Waals surface area contributed by atoms with Gasteiger partial charge in [0.2, 0.25) is 0 Å². The molecule has 0 saturated heterocycles. The molecule has 7 heteroatoms. The fourth-order valence-electron chi connectivity index (χ4n) is 2.62. The van der Waals surface area contributed by atoms with Gasteiger partial charge in [-0.25, -0.2) is 0 Å². The van der Waals surface area contributed by atoms with Crippen LogP contribution in [0.25, 0.3) is 0 Å². The van der Waals surface area contributed by atoms with Gasteiger partial charge in [-0.3, -0.25) is 14.4 Å². The highest BCUT2D eigenvalue weighted by Crippen LogP contribution is 2.02. The minimum Gasteiger partial charge on any atom is -0.356 e. The molecule has 2 aromatic rings. The van der Waals surface area contributed by atoms with Gasteiger partial charge < -0.3 is 10.6 Å². The maximum Gasteiger partial charge on any atom is 0.190 e. The van der Waals surface area contributed by atoms with E-state index in [1.165, 1.54) is 5.69 Å². The maximum atomic E-state index is 4.48. The summed E-state index contributed by atoms with van der Waals surface area (Å²) >= 11 is 0. The molecule has 24 heavy (non-hydrogen) atoms. The minimum absolute atomic E-state index is 0.471. The molecular formula is C17H29N7. The predicted molar refractivity (Wildman–Crippen MR) is 97.1 cm³/mol. The van der Waals surface area contributed by atoms with Crippen molar-refractivity contribution in [1.29, 1.82) is 0 Å². The van der Waals surface area contributed by atoms with Gasteiger partial charge in [-0.05, 0) is 38.3 Å². The van der Waals surface area contributed by atoms with E-state index in [1.807, 2.05) is 30.1 Å². The first-order valence-electron chi connectivity index (χ1n) is 8.51. The number of hydrogen-bond acceptors (Lipinski definition) is 3. The van der Waals surface area contributed by atoms with Crippen LogP contribution in [0.3, 0.4) is 0 Å². The number of aliphatic imine (C=N–C) groups is 1. The molecule has 0 fully saturated rings. The second-order valence-electron chi connectivity index (χ2n) is 6.22. The summed E-state index contributed by atoms with van der Waals surface area (Å²) in [6, 6.07) is 4.05. The van der Waals surface area contributed by atoms with E-state index < -0.39 is 0 Å². The summed E-state index contributed by atoms with van der Waals surface area (Å²) in [7, 11) is 1.80. The number of hydrogen-bond donors (Lipinski definition) is 2. The maximum absolute atomic E-state index is 4.48. The van der Waals surface area contributed by atoms with Crippen LogP contribution in [0.2, 0.25) is 0 Å². The third kappa shape index (κ3) is 5.72. The van der Waals surface area contributed by atoms with E-state index in [-0.39, 0.29) is 0 Å². The molecule has 132 valence electrons. The van der Waals surface area contributed by atoms with Gasteiger partial charge in [-0.1, -0.05) is 6.92 Å². The number of nitrogens with zero attached hydrogens (tertiary/aromatic N) is 5. The molecule has 0 bridgehead atoms. The number of nitrogens with one attached hydrogen (secondary N) is 2. The van der Waals surface area contributed by atoms with E-state index in [0.29, 0.717) is 5.92 Å². The van der Waals surface area contributed by atoms with Crippen molar-refractivity contribution in [2.75, 3.05) is 20.1 Å². The van der Waals surface area contributed by atoms with Crippen LogP contribution in [-0.2, 0) is 13.1 Å². The topological polar surface area (TPSA) is 72.1 Å². The van der Waals surface area contributed by atoms with Crippen LogP contribution in [-0.4, -0.2) is 45.7 Å². The molecule has 7 nitrogen and oxygen atoms in total. The van der Waals surface area contributed by atoms with Crippen LogP contribution in [0.15, 0.2) is 29.5 Å². The third-order valence-corrected chi connectivity index (χ3v) is 3.84. The Morgan fingerprint density at radius 2 is 2.17 bits per heavy atom. The first-order valence-corrected chi connectivity index (χ1v) is 8.51. The zero-order valence-corrected chi connectivity index (χ0v) is 15.2. The van der Waals surface area contributed by atoms with Gasteiger partial charge in [0.25, 0.3) is 0 Å². The van der Waals surface area contributed by atoms with Crippen LogP contribution >= 0.6 is 0 Å². The van der Waals surface area contributed by atoms with Crippen LogP contribution < -0.4 is 10.6 Å². The quantitative estimate of drug-likeness (QED) is 0.438. The molecule has 2 rings (SSSR count). The van der Waals surface area contributed by atoms with Crippen LogP contribution in [0.4, 0.5) is 0 Å². The molecule has 0 aliphatic rings. The Morgan fingerprint density at radius 3 is 2.79 bits per heavy atom. The Hall–Kier alpha value is -2.31. The average Bonchev–Trinajstić information content (AvgIpc) is 3.16. The van der Waals surface area contributed by atoms with E-state index >= 15 is 0 Å². The fourth-order valence-corrected chi connectivity index (χ4v) is 2.62. The zero-order chi connectivity index (χ0) is 17.4. The van der Waals surface area contributed by atoms with Crippen molar-refractivity contribution in [2.45, 2.75) is 40.3 Å². The molecule has 1 atom stereocenters. The molecule has 0 radical (unpaired) electrons. The monoisotopic (exact) mass is 331 g/mol. The lowest BCUT2D eigenvalue weighted by Crippen LogP contribution is -2.40. The Kier molecular flexibility index (Phi) is 6.84. The molecule has 1 unspecified atom stereocenters. The van der Waals surface area contributed by atoms with Crippen LogP contribution in [0, 0.1) is 19.8 Å². The fraction of sp³-hybridized carbons (Fsp3) is 0.588. The molecule has 2 aromatic heterocycles. The summed E-state index contributed by atoms with van der Waals surface area (Å²) in [5.41, 5.74) is 2.28.